The molecule has 1 saturated heterocycles. The third-order valence-electron chi connectivity index (χ3n) is 5.19. The topological polar surface area (TPSA) is 115 Å². The summed E-state index contributed by atoms with van der Waals surface area (Å²) in [5, 5.41) is 11.7. The number of methoxy groups -OCH3 is 3. The van der Waals surface area contributed by atoms with Crippen molar-refractivity contribution < 1.29 is 46.5 Å². The van der Waals surface area contributed by atoms with Crippen LogP contribution in [0.2, 0.25) is 0 Å². The number of carboxylic acids is 1. The van der Waals surface area contributed by atoms with Gasteiger partial charge in [-0.05, 0) is 5.56 Å². The van der Waals surface area contributed by atoms with Crippen molar-refractivity contribution in [3.63, 3.8) is 0 Å². The van der Waals surface area contributed by atoms with E-state index in [0.29, 0.717) is 29.5 Å². The number of carboxylic acid groups (broad SMARTS) is 1. The molecular formula is C24H24F4N4O6. The highest BCUT2D eigenvalue weighted by molar-refractivity contribution is 5.73. The molecule has 2 heterocycles. The van der Waals surface area contributed by atoms with Crippen molar-refractivity contribution in [1.82, 2.24) is 9.97 Å². The van der Waals surface area contributed by atoms with Crippen LogP contribution in [0.4, 0.5) is 35.0 Å². The molecule has 2 aromatic carbocycles. The largest absolute Gasteiger partial charge is 0.493 e. The third kappa shape index (κ3) is 6.70. The Balaban J connectivity index is 0.000000505. The van der Waals surface area contributed by atoms with Gasteiger partial charge in [-0.2, -0.15) is 18.2 Å². The van der Waals surface area contributed by atoms with Crippen molar-refractivity contribution in [2.45, 2.75) is 18.6 Å². The zero-order valence-corrected chi connectivity index (χ0v) is 20.5. The summed E-state index contributed by atoms with van der Waals surface area (Å²) in [6.07, 6.45) is -3.24. The molecule has 0 aliphatic carbocycles. The van der Waals surface area contributed by atoms with E-state index in [4.69, 9.17) is 28.9 Å². The van der Waals surface area contributed by atoms with Crippen LogP contribution in [-0.2, 0) is 9.63 Å². The van der Waals surface area contributed by atoms with Gasteiger partial charge in [0.2, 0.25) is 11.7 Å². The van der Waals surface area contributed by atoms with Crippen LogP contribution < -0.4 is 24.6 Å². The Morgan fingerprint density at radius 1 is 1.11 bits per heavy atom. The van der Waals surface area contributed by atoms with E-state index < -0.39 is 18.0 Å². The number of aliphatic carboxylic acids is 1. The molecule has 0 spiro atoms. The molecule has 1 aromatic heterocycles. The predicted molar refractivity (Wildman–Crippen MR) is 127 cm³/mol. The monoisotopic (exact) mass is 540 g/mol. The Morgan fingerprint density at radius 3 is 2.24 bits per heavy atom. The van der Waals surface area contributed by atoms with Crippen molar-refractivity contribution in [2.24, 2.45) is 0 Å². The van der Waals surface area contributed by atoms with Gasteiger partial charge < -0.3 is 24.6 Å². The summed E-state index contributed by atoms with van der Waals surface area (Å²) >= 11 is 0. The van der Waals surface area contributed by atoms with Crippen LogP contribution in [0.3, 0.4) is 0 Å². The number of alkyl halides is 3. The molecule has 1 aliphatic heterocycles. The van der Waals surface area contributed by atoms with Crippen LogP contribution in [0.5, 0.6) is 17.2 Å². The molecule has 1 unspecified atom stereocenters. The van der Waals surface area contributed by atoms with Gasteiger partial charge >= 0.3 is 12.1 Å². The van der Waals surface area contributed by atoms with Gasteiger partial charge in [0.05, 0.1) is 40.2 Å². The molecule has 0 radical (unpaired) electrons. The van der Waals surface area contributed by atoms with Crippen molar-refractivity contribution in [3.05, 3.63) is 60.0 Å². The van der Waals surface area contributed by atoms with E-state index in [1.165, 1.54) is 26.4 Å². The van der Waals surface area contributed by atoms with E-state index in [1.54, 1.807) is 12.1 Å². The normalized spacial score (nSPS) is 14.8. The molecule has 0 amide bonds. The van der Waals surface area contributed by atoms with Crippen LogP contribution >= 0.6 is 0 Å². The fourth-order valence-electron chi connectivity index (χ4n) is 3.51. The summed E-state index contributed by atoms with van der Waals surface area (Å²) in [4.78, 5) is 23.0. The first-order valence-corrected chi connectivity index (χ1v) is 11.0. The van der Waals surface area contributed by atoms with E-state index in [-0.39, 0.29) is 17.8 Å². The van der Waals surface area contributed by atoms with E-state index in [2.05, 4.69) is 15.3 Å². The Kier molecular flexibility index (Phi) is 9.12. The van der Waals surface area contributed by atoms with Crippen LogP contribution in [0, 0.1) is 5.82 Å². The maximum atomic E-state index is 14.7. The lowest BCUT2D eigenvalue weighted by Crippen LogP contribution is -2.24. The maximum Gasteiger partial charge on any atom is 0.490 e. The van der Waals surface area contributed by atoms with Gasteiger partial charge in [-0.25, -0.2) is 19.2 Å². The number of ether oxygens (including phenoxy) is 3. The number of benzene rings is 2. The first kappa shape index (κ1) is 28.2. The molecule has 4 rings (SSSR count). The van der Waals surface area contributed by atoms with Gasteiger partial charge in [0.25, 0.3) is 0 Å². The van der Waals surface area contributed by atoms with Crippen molar-refractivity contribution in [1.29, 1.82) is 0 Å². The number of halogens is 4. The third-order valence-corrected chi connectivity index (χ3v) is 5.19. The van der Waals surface area contributed by atoms with E-state index in [0.717, 1.165) is 18.2 Å². The van der Waals surface area contributed by atoms with E-state index in [9.17, 15) is 17.6 Å². The number of carbonyl (C=O) groups is 1. The minimum atomic E-state index is -5.08. The average Bonchev–Trinajstić information content (AvgIpc) is 3.39. The second kappa shape index (κ2) is 12.3. The Labute approximate surface area is 214 Å². The van der Waals surface area contributed by atoms with Crippen LogP contribution in [0.1, 0.15) is 18.0 Å². The summed E-state index contributed by atoms with van der Waals surface area (Å²) in [6.45, 7) is 0.471. The standard InChI is InChI=1S/C22H23FN4O4.C2HF3O2/c1-28-18-11-15(12-19(29-2)20(18)30-3)25-22-24-13-16(23)21(26-22)27-17(9-10-31-27)14-7-5-4-6-8-14;3-2(4,5)1(6)7/h4-8,11-13,17H,9-10H2,1-3H3,(H,24,25,26);(H,6,7). The van der Waals surface area contributed by atoms with Gasteiger partial charge in [0.15, 0.2) is 23.1 Å². The molecule has 38 heavy (non-hydrogen) atoms. The van der Waals surface area contributed by atoms with Crippen molar-refractivity contribution in [2.75, 3.05) is 38.3 Å². The summed E-state index contributed by atoms with van der Waals surface area (Å²) in [5.74, 6) is -1.65. The summed E-state index contributed by atoms with van der Waals surface area (Å²) in [6, 6.07) is 13.1. The summed E-state index contributed by atoms with van der Waals surface area (Å²) in [5.41, 5.74) is 1.62. The second-order valence-electron chi connectivity index (χ2n) is 7.58. The smallest absolute Gasteiger partial charge is 0.490 e. The van der Waals surface area contributed by atoms with E-state index in [1.807, 2.05) is 30.3 Å². The molecular weight excluding hydrogens is 516 g/mol. The zero-order chi connectivity index (χ0) is 27.9. The summed E-state index contributed by atoms with van der Waals surface area (Å²) < 4.78 is 62.5. The molecule has 1 fully saturated rings. The van der Waals surface area contributed by atoms with Gasteiger partial charge in [0.1, 0.15) is 0 Å². The highest BCUT2D eigenvalue weighted by Gasteiger charge is 2.38. The number of nitrogens with one attached hydrogen (secondary N) is 1. The molecule has 3 aromatic rings. The quantitative estimate of drug-likeness (QED) is 0.401. The Hall–Kier alpha value is -4.33. The molecule has 14 heteroatoms. The first-order valence-electron chi connectivity index (χ1n) is 11.0. The second-order valence-corrected chi connectivity index (χ2v) is 7.58. The van der Waals surface area contributed by atoms with Crippen LogP contribution in [-0.4, -0.2) is 55.2 Å². The Morgan fingerprint density at radius 2 is 1.71 bits per heavy atom. The van der Waals surface area contributed by atoms with E-state index >= 15 is 0 Å². The van der Waals surface area contributed by atoms with Gasteiger partial charge in [0, 0.05) is 24.2 Å². The fraction of sp³-hybridized carbons (Fsp3) is 0.292. The number of aromatic nitrogens is 2. The minimum absolute atomic E-state index is 0.0660. The van der Waals surface area contributed by atoms with Crippen LogP contribution in [0.15, 0.2) is 48.7 Å². The van der Waals surface area contributed by atoms with Crippen LogP contribution in [0.25, 0.3) is 0 Å². The fourth-order valence-corrected chi connectivity index (χ4v) is 3.51. The lowest BCUT2D eigenvalue weighted by molar-refractivity contribution is -0.192. The highest BCUT2D eigenvalue weighted by atomic mass is 19.4. The van der Waals surface area contributed by atoms with Gasteiger partial charge in [-0.15, -0.1) is 0 Å². The highest BCUT2D eigenvalue weighted by Crippen LogP contribution is 2.41. The van der Waals surface area contributed by atoms with Gasteiger partial charge in [-0.3, -0.25) is 4.84 Å². The predicted octanol–water partition coefficient (Wildman–Crippen LogP) is 4.90. The molecule has 10 nitrogen and oxygen atoms in total. The number of hydroxylamine groups is 1. The minimum Gasteiger partial charge on any atom is -0.493 e. The number of hydrogen-bond donors (Lipinski definition) is 2. The molecule has 1 atom stereocenters. The Bertz CT molecular complexity index is 1220. The molecule has 2 N–H and O–H groups in total. The van der Waals surface area contributed by atoms with Crippen molar-refractivity contribution in [3.8, 4) is 17.2 Å². The number of anilines is 3. The SMILES string of the molecule is COc1cc(Nc2ncc(F)c(N3OCCC3c3ccccc3)n2)cc(OC)c1OC.O=C(O)C(F)(F)F. The maximum absolute atomic E-state index is 14.7. The molecule has 1 aliphatic rings. The molecule has 0 saturated carbocycles. The zero-order valence-electron chi connectivity index (χ0n) is 20.5. The first-order chi connectivity index (χ1) is 18.1. The van der Waals surface area contributed by atoms with Crippen molar-refractivity contribution >= 4 is 23.4 Å². The van der Waals surface area contributed by atoms with Gasteiger partial charge in [-0.1, -0.05) is 30.3 Å². The lowest BCUT2D eigenvalue weighted by atomic mass is 10.0. The average molecular weight is 540 g/mol. The number of nitrogens with zero attached hydrogens (tertiary/aromatic N) is 3. The molecule has 204 valence electrons. The summed E-state index contributed by atoms with van der Waals surface area (Å²) in [7, 11) is 4.59. The molecule has 0 bridgehead atoms. The lowest BCUT2D eigenvalue weighted by Gasteiger charge is -2.24. The number of rotatable bonds is 7. The number of hydrogen-bond acceptors (Lipinski definition) is 9.